The van der Waals surface area contributed by atoms with Crippen LogP contribution in [0.4, 0.5) is 8.78 Å². The van der Waals surface area contributed by atoms with Gasteiger partial charge < -0.3 is 4.74 Å². The zero-order valence-corrected chi connectivity index (χ0v) is 20.1. The van der Waals surface area contributed by atoms with Gasteiger partial charge in [0.15, 0.2) is 0 Å². The molecule has 4 atom stereocenters. The summed E-state index contributed by atoms with van der Waals surface area (Å²) in [5, 5.41) is 0. The van der Waals surface area contributed by atoms with Crippen LogP contribution >= 0.6 is 0 Å². The molecule has 3 saturated carbocycles. The Hall–Kier alpha value is -1.22. The van der Waals surface area contributed by atoms with Crippen molar-refractivity contribution >= 4 is 0 Å². The zero-order valence-electron chi connectivity index (χ0n) is 20.1. The molecule has 0 saturated heterocycles. The average Bonchev–Trinajstić information content (AvgIpc) is 2.81. The monoisotopic (exact) mass is 444 g/mol. The number of halogens is 2. The van der Waals surface area contributed by atoms with E-state index in [2.05, 4.69) is 6.92 Å². The standard InChI is InChI=1S/C29H42F2O/c1-3-5-6-7-27-28(30)18-25(19-29(27)31)21-10-8-20(9-11-21)22-12-13-24-17-26(32-4-2)15-14-23(24)16-22/h3,5,18-24,26H,4,6-17H2,1-2H3/b5-3+. The Bertz CT molecular complexity index is 741. The van der Waals surface area contributed by atoms with E-state index in [4.69, 9.17) is 4.74 Å². The van der Waals surface area contributed by atoms with Crippen molar-refractivity contribution in [3.8, 4) is 0 Å². The van der Waals surface area contributed by atoms with E-state index in [-0.39, 0.29) is 17.2 Å². The van der Waals surface area contributed by atoms with Crippen molar-refractivity contribution in [1.82, 2.24) is 0 Å². The van der Waals surface area contributed by atoms with Crippen molar-refractivity contribution in [2.45, 2.75) is 103 Å². The molecule has 0 aromatic heterocycles. The van der Waals surface area contributed by atoms with E-state index >= 15 is 0 Å². The first-order chi connectivity index (χ1) is 15.6. The summed E-state index contributed by atoms with van der Waals surface area (Å²) in [6.07, 6.45) is 18.2. The molecule has 0 amide bonds. The molecule has 0 radical (unpaired) electrons. The minimum Gasteiger partial charge on any atom is -0.378 e. The fourth-order valence-electron chi connectivity index (χ4n) is 7.11. The lowest BCUT2D eigenvalue weighted by Crippen LogP contribution is -2.36. The third-order valence-electron chi connectivity index (χ3n) is 8.88. The Balaban J connectivity index is 1.29. The van der Waals surface area contributed by atoms with Crippen molar-refractivity contribution in [2.75, 3.05) is 6.61 Å². The van der Waals surface area contributed by atoms with E-state index in [1.807, 2.05) is 19.1 Å². The largest absolute Gasteiger partial charge is 0.378 e. The highest BCUT2D eigenvalue weighted by molar-refractivity contribution is 5.29. The molecule has 0 bridgehead atoms. The number of ether oxygens (including phenoxy) is 1. The van der Waals surface area contributed by atoms with Crippen molar-refractivity contribution in [3.63, 3.8) is 0 Å². The van der Waals surface area contributed by atoms with Crippen molar-refractivity contribution < 1.29 is 13.5 Å². The first-order valence-electron chi connectivity index (χ1n) is 13.3. The van der Waals surface area contributed by atoms with Gasteiger partial charge in [0.25, 0.3) is 0 Å². The predicted molar refractivity (Wildman–Crippen MR) is 128 cm³/mol. The van der Waals surface area contributed by atoms with Crippen LogP contribution in [0.2, 0.25) is 0 Å². The van der Waals surface area contributed by atoms with Crippen LogP contribution in [0.25, 0.3) is 0 Å². The minimum atomic E-state index is -0.354. The summed E-state index contributed by atoms with van der Waals surface area (Å²) in [6.45, 7) is 4.90. The molecule has 0 spiro atoms. The molecule has 0 N–H and O–H groups in total. The lowest BCUT2D eigenvalue weighted by Gasteiger charge is -2.45. The Labute approximate surface area is 194 Å². The van der Waals surface area contributed by atoms with Gasteiger partial charge in [0.05, 0.1) is 6.10 Å². The highest BCUT2D eigenvalue weighted by atomic mass is 19.1. The molecular weight excluding hydrogens is 402 g/mol. The molecule has 178 valence electrons. The topological polar surface area (TPSA) is 9.23 Å². The molecule has 1 aromatic carbocycles. The second kappa shape index (κ2) is 11.3. The summed E-state index contributed by atoms with van der Waals surface area (Å²) in [7, 11) is 0. The Kier molecular flexibility index (Phi) is 8.43. The van der Waals surface area contributed by atoms with Crippen LogP contribution in [0.15, 0.2) is 24.3 Å². The molecule has 3 aliphatic carbocycles. The van der Waals surface area contributed by atoms with E-state index in [0.717, 1.165) is 48.7 Å². The highest BCUT2D eigenvalue weighted by Gasteiger charge is 2.39. The van der Waals surface area contributed by atoms with Gasteiger partial charge in [-0.15, -0.1) is 0 Å². The van der Waals surface area contributed by atoms with Crippen molar-refractivity contribution in [2.24, 2.45) is 23.7 Å². The van der Waals surface area contributed by atoms with Crippen molar-refractivity contribution in [1.29, 1.82) is 0 Å². The van der Waals surface area contributed by atoms with Gasteiger partial charge in [0, 0.05) is 12.2 Å². The normalized spacial score (nSPS) is 33.4. The van der Waals surface area contributed by atoms with E-state index in [9.17, 15) is 8.78 Å². The van der Waals surface area contributed by atoms with Crippen LogP contribution in [0, 0.1) is 35.3 Å². The van der Waals surface area contributed by atoms with Gasteiger partial charge in [-0.2, -0.15) is 0 Å². The van der Waals surface area contributed by atoms with Crippen LogP contribution in [0.1, 0.15) is 102 Å². The lowest BCUT2D eigenvalue weighted by molar-refractivity contribution is -0.0205. The maximum atomic E-state index is 14.6. The molecule has 1 aromatic rings. The van der Waals surface area contributed by atoms with Gasteiger partial charge >= 0.3 is 0 Å². The summed E-state index contributed by atoms with van der Waals surface area (Å²) in [6, 6.07) is 3.25. The number of rotatable bonds is 7. The third-order valence-corrected chi connectivity index (χ3v) is 8.88. The number of benzene rings is 1. The minimum absolute atomic E-state index is 0.247. The molecule has 3 fully saturated rings. The van der Waals surface area contributed by atoms with Crippen LogP contribution in [-0.2, 0) is 11.2 Å². The summed E-state index contributed by atoms with van der Waals surface area (Å²) >= 11 is 0. The Morgan fingerprint density at radius 1 is 0.844 bits per heavy atom. The summed E-state index contributed by atoms with van der Waals surface area (Å²) in [4.78, 5) is 0. The quantitative estimate of drug-likeness (QED) is 0.384. The molecule has 4 unspecified atom stereocenters. The SMILES string of the molecule is C/C=C/CCc1c(F)cc(C2CCC(C3CCC4CC(OCC)CCC4C3)CC2)cc1F. The average molecular weight is 445 g/mol. The zero-order chi connectivity index (χ0) is 22.5. The van der Waals surface area contributed by atoms with Gasteiger partial charge in [-0.1, -0.05) is 12.2 Å². The number of allylic oxidation sites excluding steroid dienone is 2. The van der Waals surface area contributed by atoms with E-state index in [0.29, 0.717) is 24.9 Å². The molecule has 32 heavy (non-hydrogen) atoms. The van der Waals surface area contributed by atoms with E-state index in [1.165, 1.54) is 51.4 Å². The fourth-order valence-corrected chi connectivity index (χ4v) is 7.11. The second-order valence-corrected chi connectivity index (χ2v) is 10.7. The molecule has 1 nitrogen and oxygen atoms in total. The van der Waals surface area contributed by atoms with Crippen molar-refractivity contribution in [3.05, 3.63) is 47.0 Å². The molecular formula is C29H42F2O. The van der Waals surface area contributed by atoms with E-state index < -0.39 is 0 Å². The molecule has 3 heteroatoms. The Morgan fingerprint density at radius 2 is 1.44 bits per heavy atom. The van der Waals surface area contributed by atoms with Gasteiger partial charge in [-0.05, 0) is 138 Å². The van der Waals surface area contributed by atoms with Gasteiger partial charge in [-0.25, -0.2) is 8.78 Å². The fraction of sp³-hybridized carbons (Fsp3) is 0.724. The summed E-state index contributed by atoms with van der Waals surface area (Å²) in [5.74, 6) is 3.07. The van der Waals surface area contributed by atoms with Crippen LogP contribution in [0.5, 0.6) is 0 Å². The van der Waals surface area contributed by atoms with Gasteiger partial charge in [0.2, 0.25) is 0 Å². The van der Waals surface area contributed by atoms with Crippen LogP contribution in [0.3, 0.4) is 0 Å². The highest BCUT2D eigenvalue weighted by Crippen LogP contribution is 2.49. The number of fused-ring (bicyclic) bond motifs is 1. The first kappa shape index (κ1) is 23.9. The maximum Gasteiger partial charge on any atom is 0.129 e. The molecule has 3 aliphatic rings. The van der Waals surface area contributed by atoms with Gasteiger partial charge in [0.1, 0.15) is 11.6 Å². The first-order valence-corrected chi connectivity index (χ1v) is 13.3. The van der Waals surface area contributed by atoms with Gasteiger partial charge in [-0.3, -0.25) is 0 Å². The van der Waals surface area contributed by atoms with Crippen LogP contribution < -0.4 is 0 Å². The predicted octanol–water partition coefficient (Wildman–Crippen LogP) is 8.37. The number of hydrogen-bond donors (Lipinski definition) is 0. The second-order valence-electron chi connectivity index (χ2n) is 10.7. The molecule has 4 rings (SSSR count). The number of hydrogen-bond acceptors (Lipinski definition) is 1. The Morgan fingerprint density at radius 3 is 2.09 bits per heavy atom. The third kappa shape index (κ3) is 5.64. The summed E-state index contributed by atoms with van der Waals surface area (Å²) in [5.41, 5.74) is 1.13. The smallest absolute Gasteiger partial charge is 0.129 e. The molecule has 0 heterocycles. The summed E-state index contributed by atoms with van der Waals surface area (Å²) < 4.78 is 35.2. The van der Waals surface area contributed by atoms with E-state index in [1.54, 1.807) is 12.1 Å². The van der Waals surface area contributed by atoms with Crippen LogP contribution in [-0.4, -0.2) is 12.7 Å². The lowest BCUT2D eigenvalue weighted by atomic mass is 9.62. The maximum absolute atomic E-state index is 14.6. The molecule has 0 aliphatic heterocycles.